The number of fused-ring (bicyclic) bond motifs is 11. The molecule has 0 spiro atoms. The van der Waals surface area contributed by atoms with Crippen molar-refractivity contribution in [1.29, 1.82) is 0 Å². The number of hydrogen-bond donors (Lipinski definition) is 0. The second kappa shape index (κ2) is 11.6. The van der Waals surface area contributed by atoms with E-state index in [0.717, 1.165) is 38.8 Å². The van der Waals surface area contributed by atoms with Crippen LogP contribution in [-0.4, -0.2) is 9.13 Å². The normalized spacial score (nSPS) is 12.0. The van der Waals surface area contributed by atoms with Crippen LogP contribution in [-0.2, 0) is 0 Å². The number of nitrogens with zero attached hydrogens (tertiary/aromatic N) is 2. The van der Waals surface area contributed by atoms with Crippen LogP contribution in [0.3, 0.4) is 0 Å². The van der Waals surface area contributed by atoms with E-state index in [0.29, 0.717) is 0 Å². The molecule has 0 N–H and O–H groups in total. The highest BCUT2D eigenvalue weighted by Crippen LogP contribution is 2.42. The summed E-state index contributed by atoms with van der Waals surface area (Å²) in [5.74, 6) is 0. The Morgan fingerprint density at radius 1 is 0.327 bits per heavy atom. The minimum absolute atomic E-state index is 0.889. The van der Waals surface area contributed by atoms with Gasteiger partial charge in [0.2, 0.25) is 0 Å². The predicted octanol–water partition coefficient (Wildman–Crippen LogP) is 14.3. The second-order valence-corrected chi connectivity index (χ2v) is 14.5. The first-order chi connectivity index (χ1) is 27.3. The molecule has 0 bridgehead atoms. The van der Waals surface area contributed by atoms with Crippen LogP contribution in [0.4, 0.5) is 0 Å². The Morgan fingerprint density at radius 3 is 1.76 bits per heavy atom. The summed E-state index contributed by atoms with van der Waals surface area (Å²) in [5.41, 5.74) is 13.6. The van der Waals surface area contributed by atoms with Crippen molar-refractivity contribution in [2.75, 3.05) is 0 Å². The Balaban J connectivity index is 1.12. The first-order valence-electron chi connectivity index (χ1n) is 18.8. The summed E-state index contributed by atoms with van der Waals surface area (Å²) in [5, 5.41) is 9.68. The molecule has 12 aromatic rings. The van der Waals surface area contributed by atoms with Gasteiger partial charge < -0.3 is 13.6 Å². The van der Waals surface area contributed by atoms with Crippen LogP contribution in [0.1, 0.15) is 0 Å². The van der Waals surface area contributed by atoms with Crippen molar-refractivity contribution in [3.8, 4) is 33.6 Å². The van der Waals surface area contributed by atoms with Gasteiger partial charge in [-0.25, -0.2) is 0 Å². The first kappa shape index (κ1) is 30.1. The fourth-order valence-electron chi connectivity index (χ4n) is 9.02. The lowest BCUT2D eigenvalue weighted by atomic mass is 9.99. The zero-order valence-electron chi connectivity index (χ0n) is 29.8. The van der Waals surface area contributed by atoms with Gasteiger partial charge in [0.05, 0.1) is 33.1 Å². The molecule has 0 unspecified atom stereocenters. The molecular formula is C52H32N2O. The van der Waals surface area contributed by atoms with Crippen LogP contribution < -0.4 is 0 Å². The molecule has 3 heteroatoms. The van der Waals surface area contributed by atoms with Gasteiger partial charge in [0.1, 0.15) is 11.2 Å². The van der Waals surface area contributed by atoms with Crippen LogP contribution in [0.25, 0.3) is 110 Å². The Morgan fingerprint density at radius 2 is 0.945 bits per heavy atom. The molecule has 55 heavy (non-hydrogen) atoms. The Labute approximate surface area is 316 Å². The van der Waals surface area contributed by atoms with E-state index in [2.05, 4.69) is 197 Å². The number of furan rings is 1. The molecule has 0 aliphatic carbocycles. The number of rotatable bonds is 4. The van der Waals surface area contributed by atoms with E-state index >= 15 is 0 Å². The number of aromatic nitrogens is 2. The SMILES string of the molecule is c1ccc(-c2ccc3c4cc(-c5ccc6c(c5)c5ccc7ccccc7c5n6-c5ccccc5)ccc4n(-c4cccc5oc6ccccc6c45)c3c2)cc1. The molecule has 12 rings (SSSR count). The maximum absolute atomic E-state index is 6.39. The highest BCUT2D eigenvalue weighted by Gasteiger charge is 2.20. The van der Waals surface area contributed by atoms with Crippen molar-refractivity contribution in [2.24, 2.45) is 0 Å². The van der Waals surface area contributed by atoms with Gasteiger partial charge in [-0.3, -0.25) is 0 Å². The molecular weight excluding hydrogens is 669 g/mol. The summed E-state index contributed by atoms with van der Waals surface area (Å²) in [4.78, 5) is 0. The third-order valence-corrected chi connectivity index (χ3v) is 11.5. The van der Waals surface area contributed by atoms with Gasteiger partial charge in [-0.15, -0.1) is 0 Å². The van der Waals surface area contributed by atoms with Crippen molar-refractivity contribution in [1.82, 2.24) is 9.13 Å². The summed E-state index contributed by atoms with van der Waals surface area (Å²) < 4.78 is 11.3. The van der Waals surface area contributed by atoms with E-state index in [9.17, 15) is 0 Å². The molecule has 3 heterocycles. The molecule has 0 radical (unpaired) electrons. The van der Waals surface area contributed by atoms with Crippen LogP contribution in [0.2, 0.25) is 0 Å². The van der Waals surface area contributed by atoms with Crippen LogP contribution in [0.5, 0.6) is 0 Å². The van der Waals surface area contributed by atoms with Crippen molar-refractivity contribution >= 4 is 76.3 Å². The van der Waals surface area contributed by atoms with Gasteiger partial charge in [-0.2, -0.15) is 0 Å². The van der Waals surface area contributed by atoms with Gasteiger partial charge in [0, 0.05) is 38.0 Å². The van der Waals surface area contributed by atoms with E-state index in [4.69, 9.17) is 4.42 Å². The van der Waals surface area contributed by atoms with Gasteiger partial charge in [-0.1, -0.05) is 133 Å². The summed E-state index contributed by atoms with van der Waals surface area (Å²) in [6.45, 7) is 0. The van der Waals surface area contributed by atoms with Crippen molar-refractivity contribution in [2.45, 2.75) is 0 Å². The molecule has 9 aromatic carbocycles. The number of para-hydroxylation sites is 2. The van der Waals surface area contributed by atoms with E-state index in [1.807, 2.05) is 6.07 Å². The maximum Gasteiger partial charge on any atom is 0.137 e. The monoisotopic (exact) mass is 700 g/mol. The molecule has 0 aliphatic rings. The zero-order chi connectivity index (χ0) is 36.0. The molecule has 0 aliphatic heterocycles. The molecule has 0 amide bonds. The minimum atomic E-state index is 0.889. The van der Waals surface area contributed by atoms with Crippen LogP contribution >= 0.6 is 0 Å². The Bertz CT molecular complexity index is 3470. The molecule has 0 saturated carbocycles. The molecule has 3 nitrogen and oxygen atoms in total. The summed E-state index contributed by atoms with van der Waals surface area (Å²) in [6, 6.07) is 70.3. The standard InChI is InChI=1S/C52H32N2O/c1-3-12-33(13-4-1)37-23-26-40-43-30-35(25-29-46(43)54(48(40)32-37)47-19-11-21-50-51(47)42-18-9-10-20-49(42)55-50)36-24-28-45-44(31-36)41-27-22-34-14-7-8-17-39(34)52(41)53(45)38-15-5-2-6-16-38/h1-32H. The largest absolute Gasteiger partial charge is 0.456 e. The highest BCUT2D eigenvalue weighted by atomic mass is 16.3. The lowest BCUT2D eigenvalue weighted by Crippen LogP contribution is -1.95. The van der Waals surface area contributed by atoms with Gasteiger partial charge in [0.25, 0.3) is 0 Å². The molecule has 0 saturated heterocycles. The number of hydrogen-bond acceptors (Lipinski definition) is 1. The van der Waals surface area contributed by atoms with E-state index in [-0.39, 0.29) is 0 Å². The molecule has 3 aromatic heterocycles. The molecule has 256 valence electrons. The fraction of sp³-hybridized carbons (Fsp3) is 0. The fourth-order valence-corrected chi connectivity index (χ4v) is 9.02. The van der Waals surface area contributed by atoms with Gasteiger partial charge >= 0.3 is 0 Å². The zero-order valence-corrected chi connectivity index (χ0v) is 29.8. The topological polar surface area (TPSA) is 23.0 Å². The number of benzene rings is 9. The Hall–Kier alpha value is -7.36. The lowest BCUT2D eigenvalue weighted by Gasteiger charge is -2.11. The maximum atomic E-state index is 6.39. The summed E-state index contributed by atoms with van der Waals surface area (Å²) in [7, 11) is 0. The smallest absolute Gasteiger partial charge is 0.137 e. The average molecular weight is 701 g/mol. The summed E-state index contributed by atoms with van der Waals surface area (Å²) >= 11 is 0. The van der Waals surface area contributed by atoms with E-state index < -0.39 is 0 Å². The van der Waals surface area contributed by atoms with Crippen molar-refractivity contribution < 1.29 is 4.42 Å². The van der Waals surface area contributed by atoms with Crippen molar-refractivity contribution in [3.63, 3.8) is 0 Å². The second-order valence-electron chi connectivity index (χ2n) is 14.5. The van der Waals surface area contributed by atoms with Crippen molar-refractivity contribution in [3.05, 3.63) is 194 Å². The highest BCUT2D eigenvalue weighted by molar-refractivity contribution is 6.20. The minimum Gasteiger partial charge on any atom is -0.456 e. The van der Waals surface area contributed by atoms with Gasteiger partial charge in [0.15, 0.2) is 0 Å². The van der Waals surface area contributed by atoms with Gasteiger partial charge in [-0.05, 0) is 88.3 Å². The van der Waals surface area contributed by atoms with E-state index in [1.54, 1.807) is 0 Å². The first-order valence-corrected chi connectivity index (χ1v) is 18.8. The quantitative estimate of drug-likeness (QED) is 0.179. The predicted molar refractivity (Wildman–Crippen MR) is 231 cm³/mol. The third-order valence-electron chi connectivity index (χ3n) is 11.5. The molecule has 0 atom stereocenters. The molecule has 0 fully saturated rings. The third kappa shape index (κ3) is 4.44. The van der Waals surface area contributed by atoms with Crippen LogP contribution in [0.15, 0.2) is 199 Å². The van der Waals surface area contributed by atoms with Crippen LogP contribution in [0, 0.1) is 0 Å². The van der Waals surface area contributed by atoms with E-state index in [1.165, 1.54) is 71.1 Å². The lowest BCUT2D eigenvalue weighted by molar-refractivity contribution is 0.669. The Kier molecular flexibility index (Phi) is 6.34. The average Bonchev–Trinajstić information content (AvgIpc) is 3.91. The summed E-state index contributed by atoms with van der Waals surface area (Å²) in [6.07, 6.45) is 0.